The molecule has 1 amide bonds. The Hall–Kier alpha value is -3.08. The maximum Gasteiger partial charge on any atom is 0.262 e. The Morgan fingerprint density at radius 2 is 1.78 bits per heavy atom. The summed E-state index contributed by atoms with van der Waals surface area (Å²) in [6.07, 6.45) is 1.78. The van der Waals surface area contributed by atoms with E-state index in [0.717, 1.165) is 15.6 Å². The van der Waals surface area contributed by atoms with Gasteiger partial charge in [-0.15, -0.1) is 0 Å². The van der Waals surface area contributed by atoms with Crippen molar-refractivity contribution in [2.24, 2.45) is 0 Å². The number of nitrogens with one attached hydrogen (secondary N) is 1. The molecule has 3 aromatic rings. The third kappa shape index (κ3) is 6.46. The SMILES string of the molecule is CCOc1cc(/C=C(\C#N)c2ccc(Br)cc2)cc(Br)c1OCC(=O)Nc1ccccc1. The molecule has 7 heteroatoms. The first-order chi connectivity index (χ1) is 15.5. The minimum atomic E-state index is -0.281. The number of allylic oxidation sites excluding steroid dienone is 1. The van der Waals surface area contributed by atoms with Crippen LogP contribution in [-0.4, -0.2) is 19.1 Å². The summed E-state index contributed by atoms with van der Waals surface area (Å²) < 4.78 is 13.1. The summed E-state index contributed by atoms with van der Waals surface area (Å²) in [5.74, 6) is 0.625. The number of carbonyl (C=O) groups is 1. The van der Waals surface area contributed by atoms with Crippen molar-refractivity contribution in [1.82, 2.24) is 0 Å². The van der Waals surface area contributed by atoms with Crippen LogP contribution in [0.5, 0.6) is 11.5 Å². The summed E-state index contributed by atoms with van der Waals surface area (Å²) in [6, 6.07) is 22.6. The molecular weight excluding hydrogens is 536 g/mol. The van der Waals surface area contributed by atoms with Gasteiger partial charge in [-0.1, -0.05) is 46.3 Å². The number of nitriles is 1. The lowest BCUT2D eigenvalue weighted by Gasteiger charge is -2.15. The maximum absolute atomic E-state index is 12.3. The number of para-hydroxylation sites is 1. The Morgan fingerprint density at radius 3 is 2.44 bits per heavy atom. The lowest BCUT2D eigenvalue weighted by molar-refractivity contribution is -0.118. The molecule has 3 aromatic carbocycles. The number of carbonyl (C=O) groups excluding carboxylic acids is 1. The van der Waals surface area contributed by atoms with Crippen molar-refractivity contribution in [3.05, 3.63) is 86.8 Å². The summed E-state index contributed by atoms with van der Waals surface area (Å²) in [4.78, 5) is 12.3. The van der Waals surface area contributed by atoms with Gasteiger partial charge in [-0.05, 0) is 76.5 Å². The molecule has 32 heavy (non-hydrogen) atoms. The quantitative estimate of drug-likeness (QED) is 0.248. The highest BCUT2D eigenvalue weighted by atomic mass is 79.9. The van der Waals surface area contributed by atoms with Crippen LogP contribution in [0.15, 0.2) is 75.7 Å². The number of halogens is 2. The molecule has 0 unspecified atom stereocenters. The fourth-order valence-corrected chi connectivity index (χ4v) is 3.75. The first-order valence-electron chi connectivity index (χ1n) is 9.82. The van der Waals surface area contributed by atoms with E-state index in [1.807, 2.05) is 55.5 Å². The third-order valence-electron chi connectivity index (χ3n) is 4.32. The Balaban J connectivity index is 1.82. The number of amides is 1. The van der Waals surface area contributed by atoms with Crippen LogP contribution in [0.3, 0.4) is 0 Å². The molecule has 0 fully saturated rings. The largest absolute Gasteiger partial charge is 0.490 e. The molecule has 0 bridgehead atoms. The predicted molar refractivity (Wildman–Crippen MR) is 134 cm³/mol. The van der Waals surface area contributed by atoms with E-state index in [4.69, 9.17) is 9.47 Å². The second-order valence-corrected chi connectivity index (χ2v) is 8.41. The summed E-state index contributed by atoms with van der Waals surface area (Å²) >= 11 is 6.91. The van der Waals surface area contributed by atoms with Crippen LogP contribution in [0, 0.1) is 11.3 Å². The van der Waals surface area contributed by atoms with Gasteiger partial charge in [0.2, 0.25) is 0 Å². The topological polar surface area (TPSA) is 71.3 Å². The first kappa shape index (κ1) is 23.6. The van der Waals surface area contributed by atoms with Gasteiger partial charge in [0, 0.05) is 10.2 Å². The molecule has 5 nitrogen and oxygen atoms in total. The number of nitrogens with zero attached hydrogens (tertiary/aromatic N) is 1. The van der Waals surface area contributed by atoms with E-state index in [1.165, 1.54) is 0 Å². The summed E-state index contributed by atoms with van der Waals surface area (Å²) in [7, 11) is 0. The van der Waals surface area contributed by atoms with Crippen LogP contribution in [0.4, 0.5) is 5.69 Å². The average molecular weight is 556 g/mol. The van der Waals surface area contributed by atoms with Crippen LogP contribution < -0.4 is 14.8 Å². The molecule has 0 aliphatic carbocycles. The van der Waals surface area contributed by atoms with E-state index >= 15 is 0 Å². The summed E-state index contributed by atoms with van der Waals surface area (Å²) in [5.41, 5.74) is 2.79. The number of hydrogen-bond donors (Lipinski definition) is 1. The molecule has 0 heterocycles. The van der Waals surface area contributed by atoms with Crippen molar-refractivity contribution in [2.75, 3.05) is 18.5 Å². The van der Waals surface area contributed by atoms with E-state index in [-0.39, 0.29) is 12.5 Å². The van der Waals surface area contributed by atoms with Crippen molar-refractivity contribution in [2.45, 2.75) is 6.92 Å². The molecule has 0 atom stereocenters. The molecule has 3 rings (SSSR count). The van der Waals surface area contributed by atoms with Gasteiger partial charge in [0.25, 0.3) is 5.91 Å². The minimum Gasteiger partial charge on any atom is -0.490 e. The van der Waals surface area contributed by atoms with Gasteiger partial charge in [0.15, 0.2) is 18.1 Å². The van der Waals surface area contributed by atoms with E-state index in [9.17, 15) is 10.1 Å². The molecule has 0 radical (unpaired) electrons. The highest BCUT2D eigenvalue weighted by molar-refractivity contribution is 9.10. The zero-order chi connectivity index (χ0) is 22.9. The number of ether oxygens (including phenoxy) is 2. The lowest BCUT2D eigenvalue weighted by atomic mass is 10.0. The van der Waals surface area contributed by atoms with Gasteiger partial charge < -0.3 is 14.8 Å². The molecular formula is C25H20Br2N2O3. The number of hydrogen-bond acceptors (Lipinski definition) is 4. The van der Waals surface area contributed by atoms with Crippen molar-refractivity contribution < 1.29 is 14.3 Å². The van der Waals surface area contributed by atoms with Gasteiger partial charge in [0.1, 0.15) is 0 Å². The highest BCUT2D eigenvalue weighted by Crippen LogP contribution is 2.38. The molecule has 0 aliphatic heterocycles. The molecule has 0 saturated carbocycles. The number of benzene rings is 3. The molecule has 0 aromatic heterocycles. The predicted octanol–water partition coefficient (Wildman–Crippen LogP) is 6.69. The monoisotopic (exact) mass is 554 g/mol. The lowest BCUT2D eigenvalue weighted by Crippen LogP contribution is -2.20. The number of rotatable bonds is 8. The summed E-state index contributed by atoms with van der Waals surface area (Å²) in [6.45, 7) is 2.11. The molecule has 0 aliphatic rings. The Labute approximate surface area is 203 Å². The highest BCUT2D eigenvalue weighted by Gasteiger charge is 2.14. The zero-order valence-corrected chi connectivity index (χ0v) is 20.4. The number of anilines is 1. The van der Waals surface area contributed by atoms with Crippen molar-refractivity contribution in [3.8, 4) is 17.6 Å². The second-order valence-electron chi connectivity index (χ2n) is 6.64. The Kier molecular flexibility index (Phi) is 8.48. The standard InChI is InChI=1S/C25H20Br2N2O3/c1-2-31-23-14-17(12-19(15-28)18-8-10-20(26)11-9-18)13-22(27)25(23)32-16-24(30)29-21-6-4-3-5-7-21/h3-14H,2,16H2,1H3,(H,29,30)/b19-12+. The maximum atomic E-state index is 12.3. The van der Waals surface area contributed by atoms with E-state index in [0.29, 0.717) is 33.8 Å². The summed E-state index contributed by atoms with van der Waals surface area (Å²) in [5, 5.41) is 12.4. The van der Waals surface area contributed by atoms with Crippen LogP contribution in [0.1, 0.15) is 18.1 Å². The molecule has 0 spiro atoms. The molecule has 0 saturated heterocycles. The minimum absolute atomic E-state index is 0.176. The van der Waals surface area contributed by atoms with Gasteiger partial charge in [-0.3, -0.25) is 4.79 Å². The van der Waals surface area contributed by atoms with Crippen molar-refractivity contribution in [3.63, 3.8) is 0 Å². The second kappa shape index (κ2) is 11.5. The third-order valence-corrected chi connectivity index (χ3v) is 5.44. The van der Waals surface area contributed by atoms with Gasteiger partial charge >= 0.3 is 0 Å². The average Bonchev–Trinajstić information content (AvgIpc) is 2.78. The molecule has 1 N–H and O–H groups in total. The normalized spacial score (nSPS) is 10.9. The van der Waals surface area contributed by atoms with Gasteiger partial charge in [0.05, 0.1) is 22.7 Å². The van der Waals surface area contributed by atoms with E-state index in [2.05, 4.69) is 43.2 Å². The van der Waals surface area contributed by atoms with E-state index in [1.54, 1.807) is 24.3 Å². The van der Waals surface area contributed by atoms with Gasteiger partial charge in [-0.25, -0.2) is 0 Å². The Morgan fingerprint density at radius 1 is 1.06 bits per heavy atom. The van der Waals surface area contributed by atoms with Crippen LogP contribution >= 0.6 is 31.9 Å². The Bertz CT molecular complexity index is 1150. The van der Waals surface area contributed by atoms with Crippen molar-refractivity contribution in [1.29, 1.82) is 5.26 Å². The van der Waals surface area contributed by atoms with Gasteiger partial charge in [-0.2, -0.15) is 5.26 Å². The van der Waals surface area contributed by atoms with Crippen LogP contribution in [-0.2, 0) is 4.79 Å². The first-order valence-corrected chi connectivity index (χ1v) is 11.4. The molecule has 162 valence electrons. The fourth-order valence-electron chi connectivity index (χ4n) is 2.91. The fraction of sp³-hybridized carbons (Fsp3) is 0.120. The van der Waals surface area contributed by atoms with E-state index < -0.39 is 0 Å². The van der Waals surface area contributed by atoms with Crippen molar-refractivity contribution >= 4 is 55.1 Å². The zero-order valence-electron chi connectivity index (χ0n) is 17.3. The smallest absolute Gasteiger partial charge is 0.262 e. The van der Waals surface area contributed by atoms with Crippen LogP contribution in [0.25, 0.3) is 11.6 Å². The van der Waals surface area contributed by atoms with Crippen LogP contribution in [0.2, 0.25) is 0 Å².